The lowest BCUT2D eigenvalue weighted by Crippen LogP contribution is -2.34. The Labute approximate surface area is 130 Å². The largest absolute Gasteiger partial charge is 0.343 e. The van der Waals surface area contributed by atoms with Gasteiger partial charge in [-0.3, -0.25) is 9.59 Å². The Bertz CT molecular complexity index is 639. The molecule has 0 spiro atoms. The van der Waals surface area contributed by atoms with Gasteiger partial charge in [0.2, 0.25) is 0 Å². The van der Waals surface area contributed by atoms with Gasteiger partial charge < -0.3 is 5.32 Å². The van der Waals surface area contributed by atoms with E-state index in [1.165, 1.54) is 11.3 Å². The van der Waals surface area contributed by atoms with Crippen LogP contribution in [-0.4, -0.2) is 24.6 Å². The first-order valence-corrected chi connectivity index (χ1v) is 7.30. The van der Waals surface area contributed by atoms with E-state index in [0.29, 0.717) is 10.6 Å². The fraction of sp³-hybridized carbons (Fsp3) is 0.0714. The van der Waals surface area contributed by atoms with E-state index in [9.17, 15) is 9.59 Å². The van der Waals surface area contributed by atoms with Gasteiger partial charge in [-0.1, -0.05) is 17.7 Å². The molecule has 21 heavy (non-hydrogen) atoms. The molecule has 2 aromatic rings. The van der Waals surface area contributed by atoms with E-state index >= 15 is 0 Å². The third-order valence-corrected chi connectivity index (χ3v) is 3.50. The minimum Gasteiger partial charge on any atom is -0.343 e. The van der Waals surface area contributed by atoms with Crippen LogP contribution in [0.5, 0.6) is 0 Å². The third kappa shape index (κ3) is 5.02. The van der Waals surface area contributed by atoms with E-state index in [1.807, 2.05) is 17.5 Å². The first kappa shape index (κ1) is 15.2. The summed E-state index contributed by atoms with van der Waals surface area (Å²) in [7, 11) is 0. The van der Waals surface area contributed by atoms with E-state index < -0.39 is 5.91 Å². The minimum atomic E-state index is -0.398. The molecular formula is C14H12ClN3O2S. The molecule has 0 atom stereocenters. The summed E-state index contributed by atoms with van der Waals surface area (Å²) in [5.41, 5.74) is 2.78. The van der Waals surface area contributed by atoms with Gasteiger partial charge in [0, 0.05) is 15.5 Å². The van der Waals surface area contributed by atoms with Crippen LogP contribution in [0, 0.1) is 0 Å². The molecule has 5 nitrogen and oxygen atoms in total. The highest BCUT2D eigenvalue weighted by molar-refractivity contribution is 7.11. The maximum Gasteiger partial charge on any atom is 0.259 e. The van der Waals surface area contributed by atoms with Crippen molar-refractivity contribution < 1.29 is 9.59 Å². The Morgan fingerprint density at radius 1 is 1.24 bits per heavy atom. The molecule has 0 saturated carbocycles. The maximum absolute atomic E-state index is 11.8. The van der Waals surface area contributed by atoms with Crippen LogP contribution in [0.1, 0.15) is 15.2 Å². The summed E-state index contributed by atoms with van der Waals surface area (Å²) in [6.45, 7) is -0.150. The second-order valence-corrected chi connectivity index (χ2v) is 5.41. The first-order chi connectivity index (χ1) is 10.1. The smallest absolute Gasteiger partial charge is 0.259 e. The molecule has 1 heterocycles. The van der Waals surface area contributed by atoms with Gasteiger partial charge in [0.15, 0.2) is 0 Å². The van der Waals surface area contributed by atoms with Gasteiger partial charge in [0.05, 0.1) is 12.8 Å². The lowest BCUT2D eigenvalue weighted by molar-refractivity contribution is -0.120. The highest BCUT2D eigenvalue weighted by Crippen LogP contribution is 2.09. The number of hydrazone groups is 1. The second kappa shape index (κ2) is 7.56. The quantitative estimate of drug-likeness (QED) is 0.655. The van der Waals surface area contributed by atoms with Crippen LogP contribution in [0.25, 0.3) is 0 Å². The van der Waals surface area contributed by atoms with Crippen molar-refractivity contribution in [2.75, 3.05) is 6.54 Å². The van der Waals surface area contributed by atoms with Crippen molar-refractivity contribution >= 4 is 41.0 Å². The molecule has 1 aromatic heterocycles. The number of nitrogens with zero attached hydrogens (tertiary/aromatic N) is 1. The van der Waals surface area contributed by atoms with Gasteiger partial charge in [0.25, 0.3) is 11.8 Å². The molecule has 1 aromatic carbocycles. The number of amides is 2. The molecule has 2 N–H and O–H groups in total. The van der Waals surface area contributed by atoms with Crippen LogP contribution in [0.15, 0.2) is 46.9 Å². The Morgan fingerprint density at radius 2 is 2.00 bits per heavy atom. The SMILES string of the molecule is O=C(CNC(=O)c1ccc(Cl)cc1)N/N=C/c1cccs1. The van der Waals surface area contributed by atoms with E-state index in [1.54, 1.807) is 30.5 Å². The van der Waals surface area contributed by atoms with E-state index in [4.69, 9.17) is 11.6 Å². The predicted octanol–water partition coefficient (Wildman–Crippen LogP) is 2.28. The van der Waals surface area contributed by atoms with Crippen LogP contribution in [0.4, 0.5) is 0 Å². The van der Waals surface area contributed by atoms with E-state index in [2.05, 4.69) is 15.8 Å². The average molecular weight is 322 g/mol. The summed E-state index contributed by atoms with van der Waals surface area (Å²) in [4.78, 5) is 24.2. The molecule has 0 aliphatic heterocycles. The van der Waals surface area contributed by atoms with Crippen LogP contribution < -0.4 is 10.7 Å². The molecule has 2 amide bonds. The normalized spacial score (nSPS) is 10.5. The topological polar surface area (TPSA) is 70.6 Å². The van der Waals surface area contributed by atoms with Crippen molar-refractivity contribution in [1.82, 2.24) is 10.7 Å². The molecule has 0 bridgehead atoms. The molecule has 108 valence electrons. The Morgan fingerprint density at radius 3 is 2.67 bits per heavy atom. The molecule has 2 rings (SSSR count). The second-order valence-electron chi connectivity index (χ2n) is 4.00. The zero-order chi connectivity index (χ0) is 15.1. The monoisotopic (exact) mass is 321 g/mol. The molecule has 0 unspecified atom stereocenters. The lowest BCUT2D eigenvalue weighted by Gasteiger charge is -2.04. The predicted molar refractivity (Wildman–Crippen MR) is 83.8 cm³/mol. The maximum atomic E-state index is 11.8. The Hall–Kier alpha value is -2.18. The van der Waals surface area contributed by atoms with Crippen LogP contribution in [-0.2, 0) is 4.79 Å². The summed E-state index contributed by atoms with van der Waals surface area (Å²) in [5.74, 6) is -0.742. The molecule has 7 heteroatoms. The standard InChI is InChI=1S/C14H12ClN3O2S/c15-11-5-3-10(4-6-11)14(20)16-9-13(19)18-17-8-12-2-1-7-21-12/h1-8H,9H2,(H,16,20)(H,18,19)/b17-8+. The number of thiophene rings is 1. The molecule has 0 radical (unpaired) electrons. The first-order valence-electron chi connectivity index (χ1n) is 6.04. The van der Waals surface area contributed by atoms with Crippen LogP contribution in [0.2, 0.25) is 5.02 Å². The van der Waals surface area contributed by atoms with Gasteiger partial charge in [0.1, 0.15) is 0 Å². The number of benzene rings is 1. The van der Waals surface area contributed by atoms with Gasteiger partial charge >= 0.3 is 0 Å². The molecular weight excluding hydrogens is 310 g/mol. The fourth-order valence-electron chi connectivity index (χ4n) is 1.44. The number of hydrogen-bond donors (Lipinski definition) is 2. The van der Waals surface area contributed by atoms with Crippen LogP contribution >= 0.6 is 22.9 Å². The van der Waals surface area contributed by atoms with E-state index in [-0.39, 0.29) is 12.5 Å². The van der Waals surface area contributed by atoms with Crippen LogP contribution in [0.3, 0.4) is 0 Å². The summed E-state index contributed by atoms with van der Waals surface area (Å²) < 4.78 is 0. The highest BCUT2D eigenvalue weighted by atomic mass is 35.5. The number of nitrogens with one attached hydrogen (secondary N) is 2. The number of halogens is 1. The summed E-state index contributed by atoms with van der Waals surface area (Å²) in [5, 5.41) is 8.75. The van der Waals surface area contributed by atoms with Gasteiger partial charge in [-0.25, -0.2) is 5.43 Å². The van der Waals surface area contributed by atoms with Crippen molar-refractivity contribution in [3.05, 3.63) is 57.2 Å². The van der Waals surface area contributed by atoms with Crippen molar-refractivity contribution in [2.24, 2.45) is 5.10 Å². The zero-order valence-corrected chi connectivity index (χ0v) is 12.4. The van der Waals surface area contributed by atoms with Gasteiger partial charge in [-0.15, -0.1) is 11.3 Å². The highest BCUT2D eigenvalue weighted by Gasteiger charge is 2.07. The Balaban J connectivity index is 1.76. The molecule has 0 aliphatic rings. The van der Waals surface area contributed by atoms with Crippen molar-refractivity contribution in [3.63, 3.8) is 0 Å². The van der Waals surface area contributed by atoms with Gasteiger partial charge in [-0.05, 0) is 35.7 Å². The number of hydrogen-bond acceptors (Lipinski definition) is 4. The molecule has 0 fully saturated rings. The summed E-state index contributed by atoms with van der Waals surface area (Å²) >= 11 is 7.24. The molecule has 0 saturated heterocycles. The summed E-state index contributed by atoms with van der Waals surface area (Å²) in [6, 6.07) is 10.2. The van der Waals surface area contributed by atoms with Crippen molar-refractivity contribution in [2.45, 2.75) is 0 Å². The number of carbonyl (C=O) groups is 2. The van der Waals surface area contributed by atoms with E-state index in [0.717, 1.165) is 4.88 Å². The van der Waals surface area contributed by atoms with Crippen molar-refractivity contribution in [1.29, 1.82) is 0 Å². The lowest BCUT2D eigenvalue weighted by atomic mass is 10.2. The fourth-order valence-corrected chi connectivity index (χ4v) is 2.15. The van der Waals surface area contributed by atoms with Gasteiger partial charge in [-0.2, -0.15) is 5.10 Å². The minimum absolute atomic E-state index is 0.150. The third-order valence-electron chi connectivity index (χ3n) is 2.44. The summed E-state index contributed by atoms with van der Waals surface area (Å²) in [6.07, 6.45) is 1.55. The Kier molecular flexibility index (Phi) is 5.48. The molecule has 0 aliphatic carbocycles. The average Bonchev–Trinajstić information content (AvgIpc) is 2.99. The van der Waals surface area contributed by atoms with Crippen molar-refractivity contribution in [3.8, 4) is 0 Å². The zero-order valence-electron chi connectivity index (χ0n) is 10.9. The number of carbonyl (C=O) groups excluding carboxylic acids is 2. The number of rotatable bonds is 5.